The lowest BCUT2D eigenvalue weighted by Gasteiger charge is -2.14. The fourth-order valence-electron chi connectivity index (χ4n) is 5.28. The number of H-pyrrole nitrogens is 1. The molecule has 1 atom stereocenters. The van der Waals surface area contributed by atoms with Gasteiger partial charge in [-0.1, -0.05) is 37.3 Å². The van der Waals surface area contributed by atoms with Gasteiger partial charge in [0.2, 0.25) is 0 Å². The van der Waals surface area contributed by atoms with Gasteiger partial charge in [0.15, 0.2) is 0 Å². The average molecular weight is 456 g/mol. The molecule has 3 aromatic carbocycles. The largest absolute Gasteiger partial charge is 0.488 e. The van der Waals surface area contributed by atoms with Crippen molar-refractivity contribution < 1.29 is 9.13 Å². The zero-order chi connectivity index (χ0) is 23.2. The molecular formula is C28H26FN3O2. The van der Waals surface area contributed by atoms with Gasteiger partial charge >= 0.3 is 5.69 Å². The Bertz CT molecular complexity index is 1480. The van der Waals surface area contributed by atoms with Crippen LogP contribution in [-0.4, -0.2) is 34.1 Å². The quantitative estimate of drug-likeness (QED) is 0.461. The number of benzene rings is 3. The van der Waals surface area contributed by atoms with Crippen molar-refractivity contribution in [3.63, 3.8) is 0 Å². The molecule has 4 aromatic rings. The van der Waals surface area contributed by atoms with Crippen molar-refractivity contribution in [3.8, 4) is 5.75 Å². The molecule has 0 radical (unpaired) electrons. The lowest BCUT2D eigenvalue weighted by molar-refractivity contribution is 0.305. The Balaban J connectivity index is 1.47. The lowest BCUT2D eigenvalue weighted by atomic mass is 9.92. The van der Waals surface area contributed by atoms with E-state index in [1.54, 1.807) is 6.07 Å². The highest BCUT2D eigenvalue weighted by Gasteiger charge is 2.26. The smallest absolute Gasteiger partial charge is 0.326 e. The Labute approximate surface area is 197 Å². The standard InChI is InChI=1S/C28H26FN3O2/c1-2-31-12-11-21(16-31)32-26-10-7-18(14-25(26)30-28(32)33)13-24-22-6-4-3-5-19(22)17-34-27-15-20(29)8-9-23(24)27/h3-10,13-15,21H,2,11-12,16-17H2,1H3,(H,30,33)/b24-13+/t21-/m1/s1. The van der Waals surface area contributed by atoms with Crippen LogP contribution in [0.1, 0.15) is 41.6 Å². The third-order valence-electron chi connectivity index (χ3n) is 7.04. The molecule has 6 heteroatoms. The first-order chi connectivity index (χ1) is 16.6. The van der Waals surface area contributed by atoms with E-state index in [1.807, 2.05) is 41.0 Å². The van der Waals surface area contributed by atoms with Crippen molar-refractivity contribution in [1.82, 2.24) is 14.5 Å². The molecule has 0 amide bonds. The first kappa shape index (κ1) is 20.9. The molecule has 1 saturated heterocycles. The second-order valence-corrected chi connectivity index (χ2v) is 9.06. The van der Waals surface area contributed by atoms with Gasteiger partial charge in [0.05, 0.1) is 17.1 Å². The van der Waals surface area contributed by atoms with Gasteiger partial charge < -0.3 is 14.6 Å². The minimum absolute atomic E-state index is 0.0585. The summed E-state index contributed by atoms with van der Waals surface area (Å²) in [5.74, 6) is 0.211. The van der Waals surface area contributed by atoms with Crippen LogP contribution in [0.3, 0.4) is 0 Å². The molecule has 172 valence electrons. The molecule has 0 saturated carbocycles. The number of fused-ring (bicyclic) bond motifs is 3. The van der Waals surface area contributed by atoms with Crippen molar-refractivity contribution in [1.29, 1.82) is 0 Å². The summed E-state index contributed by atoms with van der Waals surface area (Å²) in [5.41, 5.74) is 6.59. The molecule has 6 rings (SSSR count). The molecule has 1 N–H and O–H groups in total. The minimum Gasteiger partial charge on any atom is -0.488 e. The number of hydrogen-bond donors (Lipinski definition) is 1. The third-order valence-corrected chi connectivity index (χ3v) is 7.04. The van der Waals surface area contributed by atoms with Crippen molar-refractivity contribution in [3.05, 3.63) is 99.2 Å². The Hall–Kier alpha value is -3.64. The number of aromatic nitrogens is 2. The summed E-state index contributed by atoms with van der Waals surface area (Å²) in [6, 6.07) is 19.1. The maximum atomic E-state index is 14.0. The normalized spacial score (nSPS) is 19.1. The van der Waals surface area contributed by atoms with Crippen LogP contribution in [-0.2, 0) is 6.61 Å². The van der Waals surface area contributed by atoms with Gasteiger partial charge in [0.25, 0.3) is 0 Å². The van der Waals surface area contributed by atoms with Crippen molar-refractivity contribution in [2.45, 2.75) is 26.0 Å². The number of nitrogens with one attached hydrogen (secondary N) is 1. The van der Waals surface area contributed by atoms with Crippen molar-refractivity contribution >= 4 is 22.7 Å². The van der Waals surface area contributed by atoms with Gasteiger partial charge in [0.1, 0.15) is 18.2 Å². The van der Waals surface area contributed by atoms with Crippen LogP contribution in [0.5, 0.6) is 5.75 Å². The molecule has 1 fully saturated rings. The van der Waals surface area contributed by atoms with Gasteiger partial charge in [-0.05, 0) is 65.6 Å². The second-order valence-electron chi connectivity index (χ2n) is 9.06. The van der Waals surface area contributed by atoms with Gasteiger partial charge in [-0.25, -0.2) is 9.18 Å². The number of likely N-dealkylation sites (N-methyl/N-ethyl adjacent to an activating group) is 1. The predicted octanol–water partition coefficient (Wildman–Crippen LogP) is 5.22. The molecule has 1 aromatic heterocycles. The number of imidazole rings is 1. The Morgan fingerprint density at radius 1 is 1.12 bits per heavy atom. The van der Waals surface area contributed by atoms with E-state index in [2.05, 4.69) is 29.0 Å². The lowest BCUT2D eigenvalue weighted by Crippen LogP contribution is -2.26. The van der Waals surface area contributed by atoms with Crippen LogP contribution >= 0.6 is 0 Å². The number of aromatic amines is 1. The van der Waals surface area contributed by atoms with Crippen LogP contribution in [0.2, 0.25) is 0 Å². The number of likely N-dealkylation sites (tertiary alicyclic amines) is 1. The highest BCUT2D eigenvalue weighted by atomic mass is 19.1. The summed E-state index contributed by atoms with van der Waals surface area (Å²) >= 11 is 0. The zero-order valence-electron chi connectivity index (χ0n) is 19.1. The molecule has 2 aliphatic heterocycles. The highest BCUT2D eigenvalue weighted by molar-refractivity contribution is 5.95. The topological polar surface area (TPSA) is 50.3 Å². The Morgan fingerprint density at radius 3 is 2.85 bits per heavy atom. The van der Waals surface area contributed by atoms with E-state index in [9.17, 15) is 9.18 Å². The summed E-state index contributed by atoms with van der Waals surface area (Å²) in [6.07, 6.45) is 3.07. The van der Waals surface area contributed by atoms with Gasteiger partial charge in [-0.2, -0.15) is 0 Å². The maximum absolute atomic E-state index is 14.0. The number of hydrogen-bond acceptors (Lipinski definition) is 3. The summed E-state index contributed by atoms with van der Waals surface area (Å²) in [4.78, 5) is 18.3. The van der Waals surface area contributed by atoms with E-state index in [1.165, 1.54) is 12.1 Å². The van der Waals surface area contributed by atoms with Gasteiger partial charge in [0, 0.05) is 24.7 Å². The minimum atomic E-state index is -0.321. The van der Waals surface area contributed by atoms with Crippen LogP contribution in [0, 0.1) is 5.82 Å². The Morgan fingerprint density at radius 2 is 2.00 bits per heavy atom. The van der Waals surface area contributed by atoms with E-state index in [0.717, 1.165) is 64.9 Å². The molecule has 2 aliphatic rings. The van der Waals surface area contributed by atoms with E-state index in [4.69, 9.17) is 4.74 Å². The molecule has 0 unspecified atom stereocenters. The van der Waals surface area contributed by atoms with Gasteiger partial charge in [-0.15, -0.1) is 0 Å². The fourth-order valence-corrected chi connectivity index (χ4v) is 5.28. The van der Waals surface area contributed by atoms with Crippen LogP contribution in [0.4, 0.5) is 4.39 Å². The first-order valence-electron chi connectivity index (χ1n) is 11.8. The van der Waals surface area contributed by atoms with E-state index >= 15 is 0 Å². The van der Waals surface area contributed by atoms with E-state index in [0.29, 0.717) is 12.4 Å². The summed E-state index contributed by atoms with van der Waals surface area (Å²) < 4.78 is 21.8. The summed E-state index contributed by atoms with van der Waals surface area (Å²) in [6.45, 7) is 5.46. The van der Waals surface area contributed by atoms with Gasteiger partial charge in [-0.3, -0.25) is 4.57 Å². The average Bonchev–Trinajstić information content (AvgIpc) is 3.40. The van der Waals surface area contributed by atoms with E-state index < -0.39 is 0 Å². The van der Waals surface area contributed by atoms with E-state index in [-0.39, 0.29) is 17.5 Å². The van der Waals surface area contributed by atoms with Crippen LogP contribution in [0.15, 0.2) is 65.5 Å². The number of nitrogens with zero attached hydrogens (tertiary/aromatic N) is 2. The van der Waals surface area contributed by atoms with Crippen molar-refractivity contribution in [2.75, 3.05) is 19.6 Å². The fraction of sp³-hybridized carbons (Fsp3) is 0.250. The molecule has 0 spiro atoms. The Kier molecular flexibility index (Phi) is 5.11. The molecule has 0 aliphatic carbocycles. The molecule has 5 nitrogen and oxygen atoms in total. The molecular weight excluding hydrogens is 429 g/mol. The molecule has 34 heavy (non-hydrogen) atoms. The SMILES string of the molecule is CCN1CC[C@@H](n2c(=O)[nH]c3cc(/C=C4\c5ccccc5COc5cc(F)ccc54)ccc32)C1. The number of ether oxygens (including phenoxy) is 1. The number of halogens is 1. The summed E-state index contributed by atoms with van der Waals surface area (Å²) in [5, 5.41) is 0. The number of rotatable bonds is 3. The van der Waals surface area contributed by atoms with Crippen LogP contribution < -0.4 is 10.4 Å². The second kappa shape index (κ2) is 8.29. The first-order valence-corrected chi connectivity index (χ1v) is 11.8. The van der Waals surface area contributed by atoms with Crippen LogP contribution in [0.25, 0.3) is 22.7 Å². The highest BCUT2D eigenvalue weighted by Crippen LogP contribution is 2.38. The molecule has 0 bridgehead atoms. The molecule has 3 heterocycles. The summed E-state index contributed by atoms with van der Waals surface area (Å²) in [7, 11) is 0. The predicted molar refractivity (Wildman–Crippen MR) is 132 cm³/mol. The monoisotopic (exact) mass is 455 g/mol. The van der Waals surface area contributed by atoms with Crippen molar-refractivity contribution in [2.24, 2.45) is 0 Å². The zero-order valence-corrected chi connectivity index (χ0v) is 19.1. The third kappa shape index (κ3) is 3.55. The maximum Gasteiger partial charge on any atom is 0.326 e.